The summed E-state index contributed by atoms with van der Waals surface area (Å²) in [6.45, 7) is 0.945. The van der Waals surface area contributed by atoms with E-state index in [1.807, 2.05) is 24.4 Å². The SMILES string of the molecule is COc1ccc2cc1Oc1cc(ccc1OC)CCC(NCCc1ccccn1)CCCC2. The molecule has 33 heavy (non-hydrogen) atoms. The molecule has 2 heterocycles. The molecular weight excluding hydrogens is 412 g/mol. The number of ether oxygens (including phenoxy) is 3. The van der Waals surface area contributed by atoms with Gasteiger partial charge in [-0.2, -0.15) is 0 Å². The predicted octanol–water partition coefficient (Wildman–Crippen LogP) is 5.75. The van der Waals surface area contributed by atoms with Gasteiger partial charge < -0.3 is 19.5 Å². The van der Waals surface area contributed by atoms with E-state index in [1.54, 1.807) is 14.2 Å². The van der Waals surface area contributed by atoms with Gasteiger partial charge >= 0.3 is 0 Å². The van der Waals surface area contributed by atoms with Crippen molar-refractivity contribution in [1.29, 1.82) is 0 Å². The van der Waals surface area contributed by atoms with Gasteiger partial charge in [-0.25, -0.2) is 0 Å². The maximum atomic E-state index is 6.32. The smallest absolute Gasteiger partial charge is 0.169 e. The third-order valence-corrected chi connectivity index (χ3v) is 6.27. The van der Waals surface area contributed by atoms with Crippen LogP contribution >= 0.6 is 0 Å². The minimum atomic E-state index is 0.481. The van der Waals surface area contributed by atoms with Crippen LogP contribution in [0.5, 0.6) is 23.0 Å². The Bertz CT molecular complexity index is 1020. The van der Waals surface area contributed by atoms with Crippen molar-refractivity contribution in [1.82, 2.24) is 10.3 Å². The second-order valence-electron chi connectivity index (χ2n) is 8.58. The summed E-state index contributed by atoms with van der Waals surface area (Å²) in [5.74, 6) is 2.91. The van der Waals surface area contributed by atoms with Crippen molar-refractivity contribution in [3.63, 3.8) is 0 Å². The van der Waals surface area contributed by atoms with Gasteiger partial charge in [-0.05, 0) is 79.6 Å². The molecule has 0 saturated heterocycles. The first-order valence-electron chi connectivity index (χ1n) is 11.9. The molecule has 1 N–H and O–H groups in total. The number of rotatable bonds is 6. The molecule has 4 rings (SSSR count). The maximum absolute atomic E-state index is 6.32. The molecule has 0 spiro atoms. The van der Waals surface area contributed by atoms with Crippen LogP contribution in [-0.2, 0) is 19.3 Å². The number of hydrogen-bond acceptors (Lipinski definition) is 5. The van der Waals surface area contributed by atoms with E-state index < -0.39 is 0 Å². The standard InChI is InChI=1S/C28H34N2O3/c1-31-25-14-11-21-7-3-4-8-23(30-18-16-24-9-5-6-17-29-24)13-10-22-12-15-26(32-2)28(20-22)33-27(25)19-21/h5-6,9,11-12,14-15,17,19-20,23,30H,3-4,7-8,10,13,16,18H2,1-2H3. The van der Waals surface area contributed by atoms with Crippen LogP contribution < -0.4 is 19.5 Å². The first-order chi connectivity index (χ1) is 16.2. The number of aryl methyl sites for hydroxylation is 2. The molecule has 174 valence electrons. The zero-order valence-electron chi connectivity index (χ0n) is 19.7. The average molecular weight is 447 g/mol. The number of aromatic nitrogens is 1. The summed E-state index contributed by atoms with van der Waals surface area (Å²) in [5.41, 5.74) is 3.64. The minimum absolute atomic E-state index is 0.481. The van der Waals surface area contributed by atoms with Crippen LogP contribution in [0.15, 0.2) is 60.8 Å². The number of benzene rings is 2. The fourth-order valence-corrected chi connectivity index (χ4v) is 4.39. The molecule has 1 aromatic heterocycles. The highest BCUT2D eigenvalue weighted by Crippen LogP contribution is 2.38. The second kappa shape index (κ2) is 11.7. The Labute approximate surface area is 197 Å². The average Bonchev–Trinajstić information content (AvgIpc) is 2.85. The summed E-state index contributed by atoms with van der Waals surface area (Å²) >= 11 is 0. The Morgan fingerprint density at radius 2 is 1.61 bits per heavy atom. The van der Waals surface area contributed by atoms with E-state index in [4.69, 9.17) is 14.2 Å². The molecule has 0 fully saturated rings. The van der Waals surface area contributed by atoms with Gasteiger partial charge in [0.25, 0.3) is 0 Å². The lowest BCUT2D eigenvalue weighted by molar-refractivity contribution is 0.355. The number of fused-ring (bicyclic) bond motifs is 4. The first-order valence-corrected chi connectivity index (χ1v) is 11.9. The van der Waals surface area contributed by atoms with Crippen LogP contribution in [0.1, 0.15) is 42.5 Å². The van der Waals surface area contributed by atoms with Crippen LogP contribution in [0.2, 0.25) is 0 Å². The van der Waals surface area contributed by atoms with Crippen molar-refractivity contribution in [3.8, 4) is 23.0 Å². The van der Waals surface area contributed by atoms with Gasteiger partial charge in [0.2, 0.25) is 0 Å². The zero-order chi connectivity index (χ0) is 22.9. The van der Waals surface area contributed by atoms with Gasteiger partial charge in [0.15, 0.2) is 23.0 Å². The monoisotopic (exact) mass is 446 g/mol. The molecule has 1 aliphatic heterocycles. The Kier molecular flexibility index (Phi) is 8.20. The van der Waals surface area contributed by atoms with Gasteiger partial charge in [0, 0.05) is 30.9 Å². The fraction of sp³-hybridized carbons (Fsp3) is 0.393. The summed E-state index contributed by atoms with van der Waals surface area (Å²) < 4.78 is 17.4. The normalized spacial score (nSPS) is 16.4. The lowest BCUT2D eigenvalue weighted by Gasteiger charge is -2.20. The highest BCUT2D eigenvalue weighted by molar-refractivity contribution is 5.50. The van der Waals surface area contributed by atoms with E-state index in [9.17, 15) is 0 Å². The molecular formula is C28H34N2O3. The number of nitrogens with one attached hydrogen (secondary N) is 1. The van der Waals surface area contributed by atoms with E-state index in [2.05, 4.69) is 46.7 Å². The molecule has 4 bridgehead atoms. The molecule has 0 amide bonds. The molecule has 1 aliphatic rings. The quantitative estimate of drug-likeness (QED) is 0.522. The van der Waals surface area contributed by atoms with Gasteiger partial charge in [-0.3, -0.25) is 4.98 Å². The Hall–Kier alpha value is -3.05. The van der Waals surface area contributed by atoms with Crippen LogP contribution in [0.4, 0.5) is 0 Å². The number of hydrogen-bond donors (Lipinski definition) is 1. The topological polar surface area (TPSA) is 52.6 Å². The van der Waals surface area contributed by atoms with Crippen LogP contribution in [0.3, 0.4) is 0 Å². The molecule has 5 heteroatoms. The molecule has 0 radical (unpaired) electrons. The predicted molar refractivity (Wildman–Crippen MR) is 132 cm³/mol. The number of nitrogens with zero attached hydrogens (tertiary/aromatic N) is 1. The molecule has 3 aromatic rings. The summed E-state index contributed by atoms with van der Waals surface area (Å²) in [6.07, 6.45) is 9.43. The molecule has 2 aromatic carbocycles. The fourth-order valence-electron chi connectivity index (χ4n) is 4.39. The third-order valence-electron chi connectivity index (χ3n) is 6.27. The van der Waals surface area contributed by atoms with Crippen molar-refractivity contribution >= 4 is 0 Å². The van der Waals surface area contributed by atoms with Gasteiger partial charge in [0.1, 0.15) is 0 Å². The highest BCUT2D eigenvalue weighted by Gasteiger charge is 2.15. The van der Waals surface area contributed by atoms with E-state index in [1.165, 1.54) is 24.0 Å². The van der Waals surface area contributed by atoms with Crippen molar-refractivity contribution < 1.29 is 14.2 Å². The van der Waals surface area contributed by atoms with Crippen molar-refractivity contribution in [2.75, 3.05) is 20.8 Å². The highest BCUT2D eigenvalue weighted by atomic mass is 16.5. The van der Waals surface area contributed by atoms with E-state index in [0.29, 0.717) is 6.04 Å². The summed E-state index contributed by atoms with van der Waals surface area (Å²) in [4.78, 5) is 4.45. The summed E-state index contributed by atoms with van der Waals surface area (Å²) in [7, 11) is 3.35. The van der Waals surface area contributed by atoms with E-state index in [-0.39, 0.29) is 0 Å². The lowest BCUT2D eigenvalue weighted by Crippen LogP contribution is -2.31. The van der Waals surface area contributed by atoms with Crippen LogP contribution in [-0.4, -0.2) is 31.8 Å². The first kappa shape index (κ1) is 23.1. The summed E-state index contributed by atoms with van der Waals surface area (Å²) in [5, 5.41) is 3.79. The van der Waals surface area contributed by atoms with Gasteiger partial charge in [-0.15, -0.1) is 0 Å². The van der Waals surface area contributed by atoms with E-state index in [0.717, 1.165) is 67.3 Å². The minimum Gasteiger partial charge on any atom is -0.493 e. The van der Waals surface area contributed by atoms with Gasteiger partial charge in [0.05, 0.1) is 14.2 Å². The van der Waals surface area contributed by atoms with Crippen molar-refractivity contribution in [2.24, 2.45) is 0 Å². The summed E-state index contributed by atoms with van der Waals surface area (Å²) in [6, 6.07) is 19.0. The molecule has 0 saturated carbocycles. The van der Waals surface area contributed by atoms with Crippen molar-refractivity contribution in [3.05, 3.63) is 77.6 Å². The third kappa shape index (κ3) is 6.48. The molecule has 0 aliphatic carbocycles. The number of pyridine rings is 1. The maximum Gasteiger partial charge on any atom is 0.169 e. The van der Waals surface area contributed by atoms with E-state index >= 15 is 0 Å². The molecule has 1 atom stereocenters. The van der Waals surface area contributed by atoms with Crippen LogP contribution in [0.25, 0.3) is 0 Å². The second-order valence-corrected chi connectivity index (χ2v) is 8.58. The Morgan fingerprint density at radius 1 is 0.879 bits per heavy atom. The van der Waals surface area contributed by atoms with Crippen LogP contribution in [0, 0.1) is 0 Å². The zero-order valence-corrected chi connectivity index (χ0v) is 19.7. The Balaban J connectivity index is 1.50. The van der Waals surface area contributed by atoms with Crippen molar-refractivity contribution in [2.45, 2.75) is 51.0 Å². The number of methoxy groups -OCH3 is 2. The van der Waals surface area contributed by atoms with Gasteiger partial charge in [-0.1, -0.05) is 24.6 Å². The largest absolute Gasteiger partial charge is 0.493 e. The molecule has 5 nitrogen and oxygen atoms in total. The lowest BCUT2D eigenvalue weighted by atomic mass is 9.98. The Morgan fingerprint density at radius 3 is 2.27 bits per heavy atom. The molecule has 1 unspecified atom stereocenters.